The number of benzene rings is 1. The predicted molar refractivity (Wildman–Crippen MR) is 77.1 cm³/mol. The summed E-state index contributed by atoms with van der Waals surface area (Å²) in [6.07, 6.45) is 1.55. The number of hydrogen-bond donors (Lipinski definition) is 2. The van der Waals surface area contributed by atoms with Crippen LogP contribution in [0.1, 0.15) is 37.8 Å². The Balaban J connectivity index is 2.60. The van der Waals surface area contributed by atoms with E-state index in [9.17, 15) is 4.79 Å². The molecular weight excluding hydrogens is 240 g/mol. The number of carbonyl (C=O) groups is 1. The molecule has 0 saturated heterocycles. The van der Waals surface area contributed by atoms with Crippen LogP contribution in [0.5, 0.6) is 5.75 Å². The van der Waals surface area contributed by atoms with Crippen molar-refractivity contribution >= 4 is 5.91 Å². The summed E-state index contributed by atoms with van der Waals surface area (Å²) in [7, 11) is 0. The number of aryl methyl sites for hydroxylation is 1. The third-order valence-electron chi connectivity index (χ3n) is 2.99. The topological polar surface area (TPSA) is 64.3 Å². The molecule has 0 aliphatic heterocycles. The number of amides is 1. The molecule has 1 unspecified atom stereocenters. The highest BCUT2D eigenvalue weighted by Gasteiger charge is 2.15. The first kappa shape index (κ1) is 15.5. The van der Waals surface area contributed by atoms with Crippen LogP contribution in [0, 0.1) is 6.92 Å². The summed E-state index contributed by atoms with van der Waals surface area (Å²) in [6.45, 7) is 6.97. The second-order valence-electron chi connectivity index (χ2n) is 4.71. The fraction of sp³-hybridized carbons (Fsp3) is 0.533. The number of carbonyl (C=O) groups excluding carboxylic acids is 1. The van der Waals surface area contributed by atoms with Gasteiger partial charge in [0.2, 0.25) is 0 Å². The van der Waals surface area contributed by atoms with E-state index in [0.29, 0.717) is 13.1 Å². The number of nitrogens with one attached hydrogen (secondary N) is 1. The molecule has 0 aromatic heterocycles. The van der Waals surface area contributed by atoms with Gasteiger partial charge >= 0.3 is 0 Å². The van der Waals surface area contributed by atoms with Gasteiger partial charge in [-0.2, -0.15) is 0 Å². The van der Waals surface area contributed by atoms with E-state index in [0.717, 1.165) is 29.7 Å². The fourth-order valence-electron chi connectivity index (χ4n) is 1.67. The Morgan fingerprint density at radius 1 is 1.47 bits per heavy atom. The standard InChI is InChI=1S/C15H24N2O2/c1-4-5-8-17-15(18)12(3)19-14-9-13(10-16)7-6-11(14)2/h6-7,9,12H,4-5,8,10,16H2,1-3H3,(H,17,18). The number of nitrogens with two attached hydrogens (primary N) is 1. The van der Waals surface area contributed by atoms with E-state index in [1.165, 1.54) is 0 Å². The van der Waals surface area contributed by atoms with Crippen molar-refractivity contribution in [3.8, 4) is 5.75 Å². The van der Waals surface area contributed by atoms with Gasteiger partial charge in [0.1, 0.15) is 5.75 Å². The molecule has 3 N–H and O–H groups in total. The predicted octanol–water partition coefficient (Wildman–Crippen LogP) is 2.14. The average Bonchev–Trinajstić information content (AvgIpc) is 2.41. The number of ether oxygens (including phenoxy) is 1. The minimum absolute atomic E-state index is 0.0778. The van der Waals surface area contributed by atoms with Crippen LogP contribution in [0.15, 0.2) is 18.2 Å². The normalized spacial score (nSPS) is 12.0. The van der Waals surface area contributed by atoms with Crippen molar-refractivity contribution in [2.24, 2.45) is 5.73 Å². The first-order chi connectivity index (χ1) is 9.08. The van der Waals surface area contributed by atoms with E-state index in [1.54, 1.807) is 6.92 Å². The van der Waals surface area contributed by atoms with Gasteiger partial charge in [0, 0.05) is 13.1 Å². The van der Waals surface area contributed by atoms with Crippen LogP contribution in [0.3, 0.4) is 0 Å². The smallest absolute Gasteiger partial charge is 0.260 e. The SMILES string of the molecule is CCCCNC(=O)C(C)Oc1cc(CN)ccc1C. The van der Waals surface area contributed by atoms with Crippen molar-refractivity contribution in [1.29, 1.82) is 0 Å². The highest BCUT2D eigenvalue weighted by atomic mass is 16.5. The summed E-state index contributed by atoms with van der Waals surface area (Å²) in [5.74, 6) is 0.645. The largest absolute Gasteiger partial charge is 0.481 e. The molecule has 19 heavy (non-hydrogen) atoms. The second-order valence-corrected chi connectivity index (χ2v) is 4.71. The van der Waals surface area contributed by atoms with Gasteiger partial charge in [-0.05, 0) is 37.5 Å². The van der Waals surface area contributed by atoms with Crippen molar-refractivity contribution in [3.05, 3.63) is 29.3 Å². The Morgan fingerprint density at radius 2 is 2.21 bits per heavy atom. The maximum Gasteiger partial charge on any atom is 0.260 e. The van der Waals surface area contributed by atoms with Crippen molar-refractivity contribution in [2.45, 2.75) is 46.3 Å². The van der Waals surface area contributed by atoms with Crippen LogP contribution >= 0.6 is 0 Å². The monoisotopic (exact) mass is 264 g/mol. The summed E-state index contributed by atoms with van der Waals surface area (Å²) in [5.41, 5.74) is 7.61. The van der Waals surface area contributed by atoms with E-state index >= 15 is 0 Å². The van der Waals surface area contributed by atoms with Crippen LogP contribution in [-0.2, 0) is 11.3 Å². The lowest BCUT2D eigenvalue weighted by Crippen LogP contribution is -2.36. The van der Waals surface area contributed by atoms with E-state index in [4.69, 9.17) is 10.5 Å². The Kier molecular flexibility index (Phi) is 6.36. The summed E-state index contributed by atoms with van der Waals surface area (Å²) in [6, 6.07) is 5.82. The molecule has 1 atom stereocenters. The number of hydrogen-bond acceptors (Lipinski definition) is 3. The van der Waals surface area contributed by atoms with E-state index < -0.39 is 6.10 Å². The summed E-state index contributed by atoms with van der Waals surface area (Å²) in [5, 5.41) is 2.86. The minimum atomic E-state index is -0.497. The van der Waals surface area contributed by atoms with Crippen molar-refractivity contribution in [3.63, 3.8) is 0 Å². The summed E-state index contributed by atoms with van der Waals surface area (Å²) < 4.78 is 5.71. The van der Waals surface area contributed by atoms with Crippen LogP contribution in [0.25, 0.3) is 0 Å². The first-order valence-corrected chi connectivity index (χ1v) is 6.82. The molecule has 106 valence electrons. The zero-order valence-electron chi connectivity index (χ0n) is 12.0. The molecule has 1 amide bonds. The van der Waals surface area contributed by atoms with Gasteiger partial charge in [0.25, 0.3) is 5.91 Å². The molecule has 0 radical (unpaired) electrons. The highest BCUT2D eigenvalue weighted by Crippen LogP contribution is 2.20. The Hall–Kier alpha value is -1.55. The highest BCUT2D eigenvalue weighted by molar-refractivity contribution is 5.80. The molecule has 1 aromatic rings. The lowest BCUT2D eigenvalue weighted by molar-refractivity contribution is -0.127. The van der Waals surface area contributed by atoms with Gasteiger partial charge in [-0.1, -0.05) is 25.5 Å². The Morgan fingerprint density at radius 3 is 2.84 bits per heavy atom. The summed E-state index contributed by atoms with van der Waals surface area (Å²) >= 11 is 0. The van der Waals surface area contributed by atoms with E-state index in [2.05, 4.69) is 12.2 Å². The van der Waals surface area contributed by atoms with E-state index in [-0.39, 0.29) is 5.91 Å². The third kappa shape index (κ3) is 4.91. The van der Waals surface area contributed by atoms with Crippen LogP contribution in [0.4, 0.5) is 0 Å². The molecule has 0 aliphatic carbocycles. The molecule has 0 fully saturated rings. The van der Waals surface area contributed by atoms with Crippen molar-refractivity contribution in [1.82, 2.24) is 5.32 Å². The van der Waals surface area contributed by atoms with Gasteiger partial charge in [0.15, 0.2) is 6.10 Å². The van der Waals surface area contributed by atoms with Gasteiger partial charge in [-0.25, -0.2) is 0 Å². The Labute approximate surface area is 115 Å². The average molecular weight is 264 g/mol. The third-order valence-corrected chi connectivity index (χ3v) is 2.99. The molecule has 4 nitrogen and oxygen atoms in total. The van der Waals surface area contributed by atoms with Crippen molar-refractivity contribution in [2.75, 3.05) is 6.54 Å². The first-order valence-electron chi connectivity index (χ1n) is 6.82. The molecule has 0 aliphatic rings. The van der Waals surface area contributed by atoms with Gasteiger partial charge in [0.05, 0.1) is 0 Å². The maximum absolute atomic E-state index is 11.8. The maximum atomic E-state index is 11.8. The quantitative estimate of drug-likeness (QED) is 0.742. The van der Waals surface area contributed by atoms with Crippen LogP contribution in [0.2, 0.25) is 0 Å². The zero-order chi connectivity index (χ0) is 14.3. The lowest BCUT2D eigenvalue weighted by atomic mass is 10.1. The molecule has 0 saturated carbocycles. The number of rotatable bonds is 7. The van der Waals surface area contributed by atoms with Crippen LogP contribution in [-0.4, -0.2) is 18.6 Å². The molecule has 1 aromatic carbocycles. The lowest BCUT2D eigenvalue weighted by Gasteiger charge is -2.17. The van der Waals surface area contributed by atoms with E-state index in [1.807, 2.05) is 25.1 Å². The molecular formula is C15H24N2O2. The Bertz CT molecular complexity index is 419. The van der Waals surface area contributed by atoms with Crippen molar-refractivity contribution < 1.29 is 9.53 Å². The molecule has 1 rings (SSSR count). The molecule has 4 heteroatoms. The molecule has 0 bridgehead atoms. The van der Waals surface area contributed by atoms with Gasteiger partial charge in [-0.15, -0.1) is 0 Å². The van der Waals surface area contributed by atoms with Gasteiger partial charge < -0.3 is 15.8 Å². The van der Waals surface area contributed by atoms with Gasteiger partial charge in [-0.3, -0.25) is 4.79 Å². The molecule has 0 spiro atoms. The fourth-order valence-corrected chi connectivity index (χ4v) is 1.67. The second kappa shape index (κ2) is 7.79. The minimum Gasteiger partial charge on any atom is -0.481 e. The molecule has 0 heterocycles. The summed E-state index contributed by atoms with van der Waals surface area (Å²) in [4.78, 5) is 11.8. The van der Waals surface area contributed by atoms with Crippen LogP contribution < -0.4 is 15.8 Å². The zero-order valence-corrected chi connectivity index (χ0v) is 12.0. The number of unbranched alkanes of at least 4 members (excludes halogenated alkanes) is 1.